The Morgan fingerprint density at radius 1 is 0.964 bits per heavy atom. The zero-order valence-electron chi connectivity index (χ0n) is 15.4. The minimum Gasteiger partial charge on any atom is -0.296 e. The number of ketones is 1. The molecule has 3 nitrogen and oxygen atoms in total. The smallest absolute Gasteiger partial charge is 0.180 e. The molecular formula is C23H20N2OS2. The normalized spacial score (nSPS) is 12.0. The largest absolute Gasteiger partial charge is 0.296 e. The first-order valence-electron chi connectivity index (χ1n) is 8.72. The van der Waals surface area contributed by atoms with Crippen LogP contribution in [0.25, 0.3) is 6.08 Å². The number of benzene rings is 2. The average molecular weight is 405 g/mol. The van der Waals surface area contributed by atoms with Gasteiger partial charge in [0.25, 0.3) is 0 Å². The topological polar surface area (TPSA) is 32.7 Å². The summed E-state index contributed by atoms with van der Waals surface area (Å²) in [7, 11) is 0. The Labute approximate surface area is 173 Å². The third-order valence-electron chi connectivity index (χ3n) is 3.75. The summed E-state index contributed by atoms with van der Waals surface area (Å²) >= 11 is 3.13. The van der Waals surface area contributed by atoms with E-state index in [1.165, 1.54) is 11.8 Å². The van der Waals surface area contributed by atoms with Crippen LogP contribution in [0, 0.1) is 0 Å². The number of carbonyl (C=O) groups excluding carboxylic acids is 1. The van der Waals surface area contributed by atoms with E-state index in [4.69, 9.17) is 4.99 Å². The fourth-order valence-corrected chi connectivity index (χ4v) is 3.59. The van der Waals surface area contributed by atoms with Crippen molar-refractivity contribution >= 4 is 51.5 Å². The summed E-state index contributed by atoms with van der Waals surface area (Å²) < 4.78 is 0. The molecule has 3 aromatic rings. The minimum absolute atomic E-state index is 0.0745. The van der Waals surface area contributed by atoms with Crippen molar-refractivity contribution in [2.75, 3.05) is 11.2 Å². The van der Waals surface area contributed by atoms with Gasteiger partial charge in [-0.2, -0.15) is 0 Å². The van der Waals surface area contributed by atoms with Gasteiger partial charge in [-0.3, -0.25) is 9.69 Å². The minimum atomic E-state index is -0.0745. The van der Waals surface area contributed by atoms with Crippen LogP contribution in [0.15, 0.2) is 102 Å². The van der Waals surface area contributed by atoms with E-state index in [-0.39, 0.29) is 5.78 Å². The summed E-state index contributed by atoms with van der Waals surface area (Å²) in [6.45, 7) is 0. The van der Waals surface area contributed by atoms with Crippen LogP contribution < -0.4 is 4.90 Å². The molecule has 0 atom stereocenters. The van der Waals surface area contributed by atoms with E-state index in [2.05, 4.69) is 0 Å². The highest BCUT2D eigenvalue weighted by Crippen LogP contribution is 2.22. The summed E-state index contributed by atoms with van der Waals surface area (Å²) in [6, 6.07) is 23.6. The highest BCUT2D eigenvalue weighted by Gasteiger charge is 2.11. The van der Waals surface area contributed by atoms with Crippen molar-refractivity contribution < 1.29 is 4.79 Å². The fourth-order valence-electron chi connectivity index (χ4n) is 2.41. The Bertz CT molecular complexity index is 962. The predicted octanol–water partition coefficient (Wildman–Crippen LogP) is 6.40. The van der Waals surface area contributed by atoms with Gasteiger partial charge in [-0.25, -0.2) is 4.99 Å². The number of amidine groups is 1. The van der Waals surface area contributed by atoms with E-state index in [9.17, 15) is 4.79 Å². The third kappa shape index (κ3) is 5.81. The summed E-state index contributed by atoms with van der Waals surface area (Å²) in [5.41, 5.74) is 1.81. The molecule has 0 N–H and O–H groups in total. The lowest BCUT2D eigenvalue weighted by molar-refractivity contribution is -0.110. The van der Waals surface area contributed by atoms with Crippen LogP contribution in [0.3, 0.4) is 0 Å². The molecule has 0 bridgehead atoms. The van der Waals surface area contributed by atoms with Crippen molar-refractivity contribution in [3.05, 3.63) is 101 Å². The highest BCUT2D eigenvalue weighted by molar-refractivity contribution is 8.13. The lowest BCUT2D eigenvalue weighted by Crippen LogP contribution is -2.22. The van der Waals surface area contributed by atoms with Crippen LogP contribution in [0.1, 0.15) is 4.88 Å². The number of rotatable bonds is 6. The number of thiophene rings is 1. The molecule has 0 fully saturated rings. The van der Waals surface area contributed by atoms with Gasteiger partial charge in [-0.05, 0) is 54.1 Å². The van der Waals surface area contributed by atoms with Crippen LogP contribution in [-0.4, -0.2) is 17.2 Å². The average Bonchev–Trinajstić information content (AvgIpc) is 3.27. The predicted molar refractivity (Wildman–Crippen MR) is 123 cm³/mol. The molecule has 0 radical (unpaired) electrons. The fraction of sp³-hybridized carbons (Fsp3) is 0.0435. The first-order chi connectivity index (χ1) is 13.8. The summed E-state index contributed by atoms with van der Waals surface area (Å²) in [5.74, 6) is -0.0745. The van der Waals surface area contributed by atoms with Crippen molar-refractivity contribution in [3.63, 3.8) is 0 Å². The maximum absolute atomic E-state index is 12.3. The molecule has 5 heteroatoms. The van der Waals surface area contributed by atoms with Gasteiger partial charge in [0, 0.05) is 22.8 Å². The number of nitrogens with zero attached hydrogens (tertiary/aromatic N) is 2. The summed E-state index contributed by atoms with van der Waals surface area (Å²) in [5, 5.41) is 2.77. The molecular weight excluding hydrogens is 384 g/mol. The van der Waals surface area contributed by atoms with Crippen LogP contribution in [0.5, 0.6) is 0 Å². The third-order valence-corrected chi connectivity index (χ3v) is 5.24. The number of aliphatic imine (C=N–C) groups is 1. The molecule has 1 aromatic heterocycles. The van der Waals surface area contributed by atoms with Crippen molar-refractivity contribution in [1.29, 1.82) is 0 Å². The van der Waals surface area contributed by atoms with Gasteiger partial charge < -0.3 is 0 Å². The molecule has 0 aliphatic carbocycles. The van der Waals surface area contributed by atoms with Gasteiger partial charge in [-0.15, -0.1) is 11.3 Å². The number of anilines is 1. The van der Waals surface area contributed by atoms with Gasteiger partial charge in [0.05, 0.1) is 5.69 Å². The first-order valence-corrected chi connectivity index (χ1v) is 10.8. The van der Waals surface area contributed by atoms with E-state index in [1.54, 1.807) is 29.7 Å². The molecule has 140 valence electrons. The zero-order chi connectivity index (χ0) is 19.6. The molecule has 0 amide bonds. The number of para-hydroxylation sites is 2. The van der Waals surface area contributed by atoms with E-state index in [0.717, 1.165) is 21.4 Å². The molecule has 0 aliphatic rings. The van der Waals surface area contributed by atoms with Gasteiger partial charge >= 0.3 is 0 Å². The Balaban J connectivity index is 1.86. The summed E-state index contributed by atoms with van der Waals surface area (Å²) in [6.07, 6.45) is 8.73. The Kier molecular flexibility index (Phi) is 7.41. The molecule has 0 unspecified atom stereocenters. The molecule has 3 rings (SSSR count). The number of hydrogen-bond acceptors (Lipinski definition) is 4. The monoisotopic (exact) mass is 404 g/mol. The van der Waals surface area contributed by atoms with Gasteiger partial charge in [0.2, 0.25) is 0 Å². The molecule has 2 aromatic carbocycles. The Morgan fingerprint density at radius 2 is 1.68 bits per heavy atom. The number of thioether (sulfide) groups is 1. The van der Waals surface area contributed by atoms with Crippen molar-refractivity contribution in [2.24, 2.45) is 4.99 Å². The number of hydrogen-bond donors (Lipinski definition) is 0. The van der Waals surface area contributed by atoms with Gasteiger partial charge in [-0.1, -0.05) is 54.2 Å². The number of carbonyl (C=O) groups is 1. The lowest BCUT2D eigenvalue weighted by atomic mass is 10.3. The SMILES string of the molecule is CSC(=Nc1ccccc1)N(/C=C/C(=O)/C=C/c1cccs1)c1ccccc1. The van der Waals surface area contributed by atoms with E-state index in [0.29, 0.717) is 0 Å². The zero-order valence-corrected chi connectivity index (χ0v) is 17.1. The van der Waals surface area contributed by atoms with Crippen molar-refractivity contribution in [1.82, 2.24) is 0 Å². The second kappa shape index (κ2) is 10.4. The maximum atomic E-state index is 12.3. The quantitative estimate of drug-likeness (QED) is 0.271. The molecule has 1 heterocycles. The van der Waals surface area contributed by atoms with Crippen molar-refractivity contribution in [2.45, 2.75) is 0 Å². The molecule has 0 saturated heterocycles. The van der Waals surface area contributed by atoms with Gasteiger partial charge in [0.15, 0.2) is 11.0 Å². The van der Waals surface area contributed by atoms with Crippen LogP contribution in [-0.2, 0) is 4.79 Å². The summed E-state index contributed by atoms with van der Waals surface area (Å²) in [4.78, 5) is 20.0. The van der Waals surface area contributed by atoms with Crippen molar-refractivity contribution in [3.8, 4) is 0 Å². The molecule has 0 spiro atoms. The molecule has 0 aliphatic heterocycles. The second-order valence-corrected chi connectivity index (χ2v) is 7.46. The van der Waals surface area contributed by atoms with E-state index >= 15 is 0 Å². The number of allylic oxidation sites excluding steroid dienone is 2. The Morgan fingerprint density at radius 3 is 2.32 bits per heavy atom. The maximum Gasteiger partial charge on any atom is 0.180 e. The highest BCUT2D eigenvalue weighted by atomic mass is 32.2. The molecule has 28 heavy (non-hydrogen) atoms. The molecule has 0 saturated carbocycles. The van der Waals surface area contributed by atoms with Crippen LogP contribution >= 0.6 is 23.1 Å². The van der Waals surface area contributed by atoms with Gasteiger partial charge in [0.1, 0.15) is 0 Å². The Hall–Kier alpha value is -2.89. The first kappa shape index (κ1) is 19.9. The van der Waals surface area contributed by atoms with E-state index < -0.39 is 0 Å². The van der Waals surface area contributed by atoms with Crippen LogP contribution in [0.2, 0.25) is 0 Å². The van der Waals surface area contributed by atoms with Crippen LogP contribution in [0.4, 0.5) is 11.4 Å². The van der Waals surface area contributed by atoms with E-state index in [1.807, 2.05) is 95.4 Å². The lowest BCUT2D eigenvalue weighted by Gasteiger charge is -2.21. The standard InChI is InChI=1S/C23H20N2OS2/c1-27-23(24-19-9-4-2-5-10-19)25(20-11-6-3-7-12-20)17-16-21(26)14-15-22-13-8-18-28-22/h2-18H,1H3/b15-14+,17-16+,24-23?. The second-order valence-electron chi connectivity index (χ2n) is 5.71.